The number of H-pyrrole nitrogens is 1. The molecule has 0 aliphatic carbocycles. The molecule has 0 fully saturated rings. The molecule has 1 amide bonds. The number of aromatic nitrogens is 3. The number of pyridine rings is 1. The van der Waals surface area contributed by atoms with Gasteiger partial charge in [-0.05, 0) is 30.3 Å². The zero-order valence-electron chi connectivity index (χ0n) is 11.9. The maximum atomic E-state index is 12.3. The van der Waals surface area contributed by atoms with E-state index in [1.807, 2.05) is 24.3 Å². The summed E-state index contributed by atoms with van der Waals surface area (Å²) in [5, 5.41) is 9.66. The number of carbonyl (C=O) groups is 1. The number of benzene rings is 1. The van der Waals surface area contributed by atoms with Gasteiger partial charge in [-0.3, -0.25) is 14.9 Å². The van der Waals surface area contributed by atoms with Gasteiger partial charge in [-0.2, -0.15) is 5.10 Å². The van der Waals surface area contributed by atoms with Gasteiger partial charge in [-0.15, -0.1) is 0 Å². The molecule has 3 rings (SSSR count). The van der Waals surface area contributed by atoms with E-state index in [0.717, 1.165) is 5.56 Å². The average molecular weight is 294 g/mol. The SMILES string of the molecule is COc1ccccc1NC(=O)c1cc(-c2cccnc2)n[nH]1. The van der Waals surface area contributed by atoms with Crippen LogP contribution in [0.1, 0.15) is 10.5 Å². The van der Waals surface area contributed by atoms with Gasteiger partial charge in [0.15, 0.2) is 0 Å². The first-order chi connectivity index (χ1) is 10.8. The molecule has 0 saturated heterocycles. The minimum Gasteiger partial charge on any atom is -0.495 e. The van der Waals surface area contributed by atoms with E-state index in [0.29, 0.717) is 22.8 Å². The first-order valence-electron chi connectivity index (χ1n) is 6.68. The van der Waals surface area contributed by atoms with Crippen molar-refractivity contribution in [3.8, 4) is 17.0 Å². The molecule has 0 aliphatic rings. The number of hydrogen-bond acceptors (Lipinski definition) is 4. The number of nitrogens with one attached hydrogen (secondary N) is 2. The van der Waals surface area contributed by atoms with Crippen LogP contribution in [0.25, 0.3) is 11.3 Å². The number of hydrogen-bond donors (Lipinski definition) is 2. The first kappa shape index (κ1) is 13.8. The van der Waals surface area contributed by atoms with Gasteiger partial charge in [-0.25, -0.2) is 0 Å². The number of rotatable bonds is 4. The fraction of sp³-hybridized carbons (Fsp3) is 0.0625. The van der Waals surface area contributed by atoms with Gasteiger partial charge in [-0.1, -0.05) is 12.1 Å². The van der Waals surface area contributed by atoms with Crippen LogP contribution in [0.15, 0.2) is 54.9 Å². The summed E-state index contributed by atoms with van der Waals surface area (Å²) >= 11 is 0. The number of aromatic amines is 1. The zero-order valence-corrected chi connectivity index (χ0v) is 11.9. The van der Waals surface area contributed by atoms with E-state index in [4.69, 9.17) is 4.74 Å². The van der Waals surface area contributed by atoms with Crippen molar-refractivity contribution in [2.45, 2.75) is 0 Å². The van der Waals surface area contributed by atoms with Crippen molar-refractivity contribution in [1.29, 1.82) is 0 Å². The number of anilines is 1. The molecular formula is C16H14N4O2. The lowest BCUT2D eigenvalue weighted by Crippen LogP contribution is -2.13. The molecule has 6 nitrogen and oxygen atoms in total. The van der Waals surface area contributed by atoms with Crippen molar-refractivity contribution in [1.82, 2.24) is 15.2 Å². The van der Waals surface area contributed by atoms with Crippen LogP contribution in [-0.4, -0.2) is 28.2 Å². The molecule has 1 aromatic carbocycles. The maximum Gasteiger partial charge on any atom is 0.273 e. The summed E-state index contributed by atoms with van der Waals surface area (Å²) in [6.07, 6.45) is 3.38. The third-order valence-corrected chi connectivity index (χ3v) is 3.13. The van der Waals surface area contributed by atoms with E-state index in [1.54, 1.807) is 37.7 Å². The maximum absolute atomic E-state index is 12.3. The van der Waals surface area contributed by atoms with Gasteiger partial charge in [0.25, 0.3) is 5.91 Å². The zero-order chi connectivity index (χ0) is 15.4. The summed E-state index contributed by atoms with van der Waals surface area (Å²) in [6, 6.07) is 12.6. The monoisotopic (exact) mass is 294 g/mol. The molecule has 0 bridgehead atoms. The topological polar surface area (TPSA) is 79.9 Å². The predicted octanol–water partition coefficient (Wildman–Crippen LogP) is 2.73. The van der Waals surface area contributed by atoms with Crippen molar-refractivity contribution in [3.63, 3.8) is 0 Å². The van der Waals surface area contributed by atoms with Gasteiger partial charge >= 0.3 is 0 Å². The summed E-state index contributed by atoms with van der Waals surface area (Å²) in [5.41, 5.74) is 2.48. The molecular weight excluding hydrogens is 280 g/mol. The van der Waals surface area contributed by atoms with Crippen LogP contribution in [0.3, 0.4) is 0 Å². The second kappa shape index (κ2) is 6.09. The van der Waals surface area contributed by atoms with Crippen LogP contribution in [0, 0.1) is 0 Å². The summed E-state index contributed by atoms with van der Waals surface area (Å²) in [6.45, 7) is 0. The highest BCUT2D eigenvalue weighted by atomic mass is 16.5. The summed E-state index contributed by atoms with van der Waals surface area (Å²) < 4.78 is 5.21. The Morgan fingerprint density at radius 3 is 2.86 bits per heavy atom. The molecule has 2 heterocycles. The highest BCUT2D eigenvalue weighted by molar-refractivity contribution is 6.04. The molecule has 0 spiro atoms. The van der Waals surface area contributed by atoms with E-state index in [2.05, 4.69) is 20.5 Å². The lowest BCUT2D eigenvalue weighted by molar-refractivity contribution is 0.102. The van der Waals surface area contributed by atoms with Gasteiger partial charge in [0.05, 0.1) is 18.5 Å². The lowest BCUT2D eigenvalue weighted by atomic mass is 10.2. The van der Waals surface area contributed by atoms with E-state index in [9.17, 15) is 4.79 Å². The Labute approximate surface area is 127 Å². The lowest BCUT2D eigenvalue weighted by Gasteiger charge is -2.08. The minimum absolute atomic E-state index is 0.285. The Kier molecular flexibility index (Phi) is 3.82. The van der Waals surface area contributed by atoms with Crippen molar-refractivity contribution in [3.05, 3.63) is 60.6 Å². The Morgan fingerprint density at radius 2 is 2.09 bits per heavy atom. The Morgan fingerprint density at radius 1 is 1.23 bits per heavy atom. The number of carbonyl (C=O) groups excluding carboxylic acids is 1. The van der Waals surface area contributed by atoms with Crippen molar-refractivity contribution < 1.29 is 9.53 Å². The van der Waals surface area contributed by atoms with Gasteiger partial charge < -0.3 is 10.1 Å². The van der Waals surface area contributed by atoms with Crippen LogP contribution in [0.4, 0.5) is 5.69 Å². The molecule has 0 aliphatic heterocycles. The van der Waals surface area contributed by atoms with E-state index < -0.39 is 0 Å². The number of ether oxygens (including phenoxy) is 1. The summed E-state index contributed by atoms with van der Waals surface area (Å²) in [5.74, 6) is 0.315. The highest BCUT2D eigenvalue weighted by Gasteiger charge is 2.13. The largest absolute Gasteiger partial charge is 0.495 e. The molecule has 22 heavy (non-hydrogen) atoms. The normalized spacial score (nSPS) is 10.2. The standard InChI is InChI=1S/C16H14N4O2/c1-22-15-7-3-2-6-12(15)18-16(21)14-9-13(19-20-14)11-5-4-8-17-10-11/h2-10H,1H3,(H,18,21)(H,19,20). The number of nitrogens with zero attached hydrogens (tertiary/aromatic N) is 2. The number of amides is 1. The van der Waals surface area contributed by atoms with Gasteiger partial charge in [0, 0.05) is 18.0 Å². The molecule has 2 N–H and O–H groups in total. The van der Waals surface area contributed by atoms with E-state index in [1.165, 1.54) is 0 Å². The van der Waals surface area contributed by atoms with Crippen LogP contribution in [0.2, 0.25) is 0 Å². The second-order valence-corrected chi connectivity index (χ2v) is 4.56. The first-order valence-corrected chi connectivity index (χ1v) is 6.68. The molecule has 6 heteroatoms. The summed E-state index contributed by atoms with van der Waals surface area (Å²) in [7, 11) is 1.56. The molecule has 0 unspecified atom stereocenters. The molecule has 2 aromatic heterocycles. The van der Waals surface area contributed by atoms with Crippen molar-refractivity contribution in [2.75, 3.05) is 12.4 Å². The number of methoxy groups -OCH3 is 1. The van der Waals surface area contributed by atoms with Crippen LogP contribution in [-0.2, 0) is 0 Å². The van der Waals surface area contributed by atoms with Crippen molar-refractivity contribution >= 4 is 11.6 Å². The number of para-hydroxylation sites is 2. The van der Waals surface area contributed by atoms with Gasteiger partial charge in [0.2, 0.25) is 0 Å². The van der Waals surface area contributed by atoms with Crippen LogP contribution >= 0.6 is 0 Å². The Balaban J connectivity index is 1.80. The van der Waals surface area contributed by atoms with E-state index >= 15 is 0 Å². The molecule has 3 aromatic rings. The molecule has 0 saturated carbocycles. The minimum atomic E-state index is -0.285. The van der Waals surface area contributed by atoms with Crippen LogP contribution in [0.5, 0.6) is 5.75 Å². The second-order valence-electron chi connectivity index (χ2n) is 4.56. The highest BCUT2D eigenvalue weighted by Crippen LogP contribution is 2.24. The summed E-state index contributed by atoms with van der Waals surface area (Å²) in [4.78, 5) is 16.3. The van der Waals surface area contributed by atoms with Gasteiger partial charge in [0.1, 0.15) is 11.4 Å². The Hall–Kier alpha value is -3.15. The molecule has 0 radical (unpaired) electrons. The quantitative estimate of drug-likeness (QED) is 0.775. The molecule has 110 valence electrons. The van der Waals surface area contributed by atoms with Crippen molar-refractivity contribution in [2.24, 2.45) is 0 Å². The predicted molar refractivity (Wildman–Crippen MR) is 82.8 cm³/mol. The fourth-order valence-electron chi connectivity index (χ4n) is 2.04. The van der Waals surface area contributed by atoms with Crippen LogP contribution < -0.4 is 10.1 Å². The smallest absolute Gasteiger partial charge is 0.273 e. The average Bonchev–Trinajstić information content (AvgIpc) is 3.06. The third-order valence-electron chi connectivity index (χ3n) is 3.13. The fourth-order valence-corrected chi connectivity index (χ4v) is 2.04. The molecule has 0 atom stereocenters. The third kappa shape index (κ3) is 2.80. The Bertz CT molecular complexity index is 784. The van der Waals surface area contributed by atoms with E-state index in [-0.39, 0.29) is 5.91 Å².